The number of rotatable bonds is 6. The molecule has 27 heavy (non-hydrogen) atoms. The largest absolute Gasteiger partial charge is 0.481 e. The van der Waals surface area contributed by atoms with Crippen LogP contribution < -0.4 is 15.6 Å². The maximum absolute atomic E-state index is 12.0. The Balaban J connectivity index is 1.94. The number of para-hydroxylation sites is 1. The minimum Gasteiger partial charge on any atom is -0.481 e. The summed E-state index contributed by atoms with van der Waals surface area (Å²) in [5.41, 5.74) is 3.43. The van der Waals surface area contributed by atoms with E-state index in [1.807, 2.05) is 0 Å². The van der Waals surface area contributed by atoms with Gasteiger partial charge in [-0.2, -0.15) is 0 Å². The Morgan fingerprint density at radius 3 is 2.19 bits per heavy atom. The van der Waals surface area contributed by atoms with Crippen LogP contribution in [0.5, 0.6) is 5.75 Å². The lowest BCUT2D eigenvalue weighted by atomic mass is 10.2. The summed E-state index contributed by atoms with van der Waals surface area (Å²) in [5, 5.41) is 21.5. The summed E-state index contributed by atoms with van der Waals surface area (Å²) in [4.78, 5) is 44.2. The average Bonchev–Trinajstić information content (AvgIpc) is 2.66. The number of hydrazine groups is 1. The average molecular weight is 374 g/mol. The number of nitrogens with zero attached hydrogens (tertiary/aromatic N) is 2. The summed E-state index contributed by atoms with van der Waals surface area (Å²) in [6, 6.07) is 10.4. The summed E-state index contributed by atoms with van der Waals surface area (Å²) < 4.78 is 5.32. The van der Waals surface area contributed by atoms with E-state index < -0.39 is 33.5 Å². The number of amides is 2. The number of nitro benzene ring substituents is 2. The van der Waals surface area contributed by atoms with Gasteiger partial charge in [0.2, 0.25) is 0 Å². The van der Waals surface area contributed by atoms with Crippen LogP contribution in [0, 0.1) is 20.2 Å². The van der Waals surface area contributed by atoms with Crippen molar-refractivity contribution in [1.82, 2.24) is 10.9 Å². The van der Waals surface area contributed by atoms with E-state index in [-0.39, 0.29) is 17.0 Å². The first-order valence-corrected chi connectivity index (χ1v) is 7.54. The number of benzene rings is 2. The van der Waals surface area contributed by atoms with Crippen LogP contribution >= 0.6 is 0 Å². The predicted molar refractivity (Wildman–Crippen MR) is 91.9 cm³/mol. The molecular weight excluding hydrogens is 360 g/mol. The highest BCUT2D eigenvalue weighted by atomic mass is 16.6. The minimum atomic E-state index is -1.04. The molecular formula is C16H14N4O7. The molecule has 0 aliphatic heterocycles. The van der Waals surface area contributed by atoms with Gasteiger partial charge in [-0.25, -0.2) is 0 Å². The normalized spacial score (nSPS) is 11.1. The van der Waals surface area contributed by atoms with Crippen LogP contribution in [0.4, 0.5) is 11.4 Å². The zero-order valence-electron chi connectivity index (χ0n) is 13.9. The van der Waals surface area contributed by atoms with Crippen LogP contribution in [-0.2, 0) is 4.79 Å². The van der Waals surface area contributed by atoms with Crippen molar-refractivity contribution in [3.8, 4) is 5.75 Å². The molecule has 0 aliphatic carbocycles. The van der Waals surface area contributed by atoms with Crippen molar-refractivity contribution in [2.45, 2.75) is 13.0 Å². The Kier molecular flexibility index (Phi) is 5.99. The predicted octanol–water partition coefficient (Wildman–Crippen LogP) is 1.73. The molecule has 0 saturated heterocycles. The van der Waals surface area contributed by atoms with Gasteiger partial charge in [0.1, 0.15) is 11.3 Å². The Bertz CT molecular complexity index is 883. The Hall–Kier alpha value is -4.02. The van der Waals surface area contributed by atoms with Gasteiger partial charge < -0.3 is 4.74 Å². The fourth-order valence-electron chi connectivity index (χ4n) is 2.02. The van der Waals surface area contributed by atoms with Gasteiger partial charge in [0.15, 0.2) is 6.10 Å². The van der Waals surface area contributed by atoms with Crippen LogP contribution in [0.2, 0.25) is 0 Å². The summed E-state index contributed by atoms with van der Waals surface area (Å²) in [6.45, 7) is 1.40. The highest BCUT2D eigenvalue weighted by Gasteiger charge is 2.21. The van der Waals surface area contributed by atoms with Gasteiger partial charge >= 0.3 is 0 Å². The topological polar surface area (TPSA) is 154 Å². The number of non-ortho nitro benzene ring substituents is 1. The number of nitrogens with one attached hydrogen (secondary N) is 2. The van der Waals surface area contributed by atoms with Gasteiger partial charge in [0.05, 0.1) is 9.85 Å². The summed E-state index contributed by atoms with van der Waals surface area (Å²) in [6.07, 6.45) is -1.04. The fourth-order valence-corrected chi connectivity index (χ4v) is 2.02. The van der Waals surface area contributed by atoms with Gasteiger partial charge in [-0.15, -0.1) is 0 Å². The SMILES string of the molecule is CC(Oc1ccc([N+](=O)[O-])cc1)C(=O)NNC(=O)c1ccccc1[N+](=O)[O-]. The van der Waals surface area contributed by atoms with Crippen LogP contribution in [0.25, 0.3) is 0 Å². The van der Waals surface area contributed by atoms with Crippen molar-refractivity contribution in [3.05, 3.63) is 74.3 Å². The highest BCUT2D eigenvalue weighted by Crippen LogP contribution is 2.19. The molecule has 0 saturated carbocycles. The van der Waals surface area contributed by atoms with Crippen molar-refractivity contribution in [2.75, 3.05) is 0 Å². The van der Waals surface area contributed by atoms with Crippen molar-refractivity contribution in [1.29, 1.82) is 0 Å². The summed E-state index contributed by atoms with van der Waals surface area (Å²) in [7, 11) is 0. The van der Waals surface area contributed by atoms with Crippen molar-refractivity contribution in [2.24, 2.45) is 0 Å². The lowest BCUT2D eigenvalue weighted by Gasteiger charge is -2.15. The third-order valence-electron chi connectivity index (χ3n) is 3.37. The van der Waals surface area contributed by atoms with Gasteiger partial charge in [0, 0.05) is 18.2 Å². The fraction of sp³-hybridized carbons (Fsp3) is 0.125. The summed E-state index contributed by atoms with van der Waals surface area (Å²) in [5.74, 6) is -1.37. The van der Waals surface area contributed by atoms with Crippen molar-refractivity contribution >= 4 is 23.2 Å². The van der Waals surface area contributed by atoms with Crippen LogP contribution in [-0.4, -0.2) is 27.8 Å². The second-order valence-corrected chi connectivity index (χ2v) is 5.23. The highest BCUT2D eigenvalue weighted by molar-refractivity contribution is 5.99. The van der Waals surface area contributed by atoms with Crippen molar-refractivity contribution in [3.63, 3.8) is 0 Å². The van der Waals surface area contributed by atoms with Crippen molar-refractivity contribution < 1.29 is 24.2 Å². The van der Waals surface area contributed by atoms with Gasteiger partial charge in [-0.05, 0) is 25.1 Å². The first-order chi connectivity index (χ1) is 12.8. The maximum Gasteiger partial charge on any atom is 0.282 e. The van der Waals surface area contributed by atoms with E-state index >= 15 is 0 Å². The second-order valence-electron chi connectivity index (χ2n) is 5.23. The standard InChI is InChI=1S/C16H14N4O7/c1-10(27-12-8-6-11(7-9-12)19(23)24)15(21)17-18-16(22)13-4-2-3-5-14(13)20(25)26/h2-10H,1H3,(H,17,21)(H,18,22). The van der Waals surface area contributed by atoms with E-state index in [1.54, 1.807) is 0 Å². The Morgan fingerprint density at radius 1 is 0.963 bits per heavy atom. The lowest BCUT2D eigenvalue weighted by Crippen LogP contribution is -2.47. The molecule has 0 spiro atoms. The molecule has 11 nitrogen and oxygen atoms in total. The zero-order chi connectivity index (χ0) is 20.0. The lowest BCUT2D eigenvalue weighted by molar-refractivity contribution is -0.385. The monoisotopic (exact) mass is 374 g/mol. The van der Waals surface area contributed by atoms with Crippen LogP contribution in [0.15, 0.2) is 48.5 Å². The Morgan fingerprint density at radius 2 is 1.59 bits per heavy atom. The van der Waals surface area contributed by atoms with Gasteiger partial charge in [-0.1, -0.05) is 12.1 Å². The minimum absolute atomic E-state index is 0.129. The first-order valence-electron chi connectivity index (χ1n) is 7.54. The second kappa shape index (κ2) is 8.38. The third kappa shape index (κ3) is 4.98. The summed E-state index contributed by atoms with van der Waals surface area (Å²) >= 11 is 0. The quantitative estimate of drug-likeness (QED) is 0.576. The number of hydrogen-bond donors (Lipinski definition) is 2. The molecule has 1 unspecified atom stereocenters. The van der Waals surface area contributed by atoms with E-state index in [0.717, 1.165) is 6.07 Å². The zero-order valence-corrected chi connectivity index (χ0v) is 13.9. The molecule has 1 atom stereocenters. The van der Waals surface area contributed by atoms with E-state index in [0.29, 0.717) is 0 Å². The molecule has 0 aliphatic rings. The number of ether oxygens (including phenoxy) is 1. The van der Waals surface area contributed by atoms with Gasteiger partial charge in [-0.3, -0.25) is 40.7 Å². The number of hydrogen-bond acceptors (Lipinski definition) is 7. The first kappa shape index (κ1) is 19.3. The van der Waals surface area contributed by atoms with Crippen LogP contribution in [0.1, 0.15) is 17.3 Å². The molecule has 11 heteroatoms. The third-order valence-corrected chi connectivity index (χ3v) is 3.37. The molecule has 140 valence electrons. The maximum atomic E-state index is 12.0. The van der Waals surface area contributed by atoms with E-state index in [9.17, 15) is 29.8 Å². The number of nitro groups is 2. The smallest absolute Gasteiger partial charge is 0.282 e. The molecule has 2 amide bonds. The molecule has 0 heterocycles. The molecule has 0 aromatic heterocycles. The molecule has 2 rings (SSSR count). The van der Waals surface area contributed by atoms with Crippen LogP contribution in [0.3, 0.4) is 0 Å². The molecule has 2 N–H and O–H groups in total. The van der Waals surface area contributed by atoms with E-state index in [4.69, 9.17) is 4.74 Å². The molecule has 0 fully saturated rings. The molecule has 0 bridgehead atoms. The Labute approximate surface area is 152 Å². The van der Waals surface area contributed by atoms with Gasteiger partial charge in [0.25, 0.3) is 23.2 Å². The molecule has 2 aromatic rings. The number of carbonyl (C=O) groups is 2. The van der Waals surface area contributed by atoms with E-state index in [1.165, 1.54) is 49.4 Å². The van der Waals surface area contributed by atoms with E-state index in [2.05, 4.69) is 10.9 Å². The molecule has 0 radical (unpaired) electrons. The molecule has 2 aromatic carbocycles. The number of carbonyl (C=O) groups excluding carboxylic acids is 2.